The van der Waals surface area contributed by atoms with E-state index < -0.39 is 12.0 Å². The molecule has 0 spiro atoms. The van der Waals surface area contributed by atoms with Crippen molar-refractivity contribution in [1.82, 2.24) is 5.32 Å². The lowest BCUT2D eigenvalue weighted by molar-refractivity contribution is -0.137. The van der Waals surface area contributed by atoms with E-state index in [1.165, 1.54) is 6.92 Å². The Morgan fingerprint density at radius 3 is 2.59 bits per heavy atom. The molecule has 0 unspecified atom stereocenters. The Labute approximate surface area is 157 Å². The number of carbonyl (C=O) groups excluding carboxylic acids is 2. The van der Waals surface area contributed by atoms with E-state index in [9.17, 15) is 19.5 Å². The predicted octanol–water partition coefficient (Wildman–Crippen LogP) is 2.85. The third-order valence-corrected chi connectivity index (χ3v) is 4.87. The molecule has 0 saturated carbocycles. The molecule has 0 bridgehead atoms. The van der Waals surface area contributed by atoms with E-state index in [1.54, 1.807) is 23.1 Å². The summed E-state index contributed by atoms with van der Waals surface area (Å²) in [5.41, 5.74) is 3.96. The number of nitrogens with one attached hydrogen (secondary N) is 1. The average molecular weight is 366 g/mol. The number of hydrogen-bond donors (Lipinski definition) is 2. The zero-order valence-corrected chi connectivity index (χ0v) is 15.4. The second-order valence-electron chi connectivity index (χ2n) is 6.74. The first-order valence-electron chi connectivity index (χ1n) is 8.86. The minimum absolute atomic E-state index is 0.0213. The standard InChI is InChI=1S/C21H22N2O4/c1-13-5-3-4-6-17(13)18(12-20(25)26)22-21(27)16-7-8-19-15(11-16)9-10-23(19)14(2)24/h3-8,11,18H,9-10,12H2,1-2H3,(H,22,27)(H,25,26)/t18-/m0/s1. The van der Waals surface area contributed by atoms with Gasteiger partial charge in [-0.3, -0.25) is 14.4 Å². The van der Waals surface area contributed by atoms with Gasteiger partial charge in [0.25, 0.3) is 5.91 Å². The molecule has 0 saturated heterocycles. The highest BCUT2D eigenvalue weighted by molar-refractivity contribution is 5.98. The number of aryl methyl sites for hydroxylation is 1. The Bertz CT molecular complexity index is 907. The largest absolute Gasteiger partial charge is 0.481 e. The van der Waals surface area contributed by atoms with Crippen molar-refractivity contribution in [3.05, 3.63) is 64.7 Å². The van der Waals surface area contributed by atoms with Gasteiger partial charge in [-0.2, -0.15) is 0 Å². The molecule has 1 heterocycles. The van der Waals surface area contributed by atoms with Gasteiger partial charge in [0.15, 0.2) is 0 Å². The number of benzene rings is 2. The summed E-state index contributed by atoms with van der Waals surface area (Å²) in [5.74, 6) is -1.32. The number of amides is 2. The summed E-state index contributed by atoms with van der Waals surface area (Å²) >= 11 is 0. The number of carboxylic acids is 1. The Hall–Kier alpha value is -3.15. The zero-order chi connectivity index (χ0) is 19.6. The van der Waals surface area contributed by atoms with Crippen molar-refractivity contribution >= 4 is 23.5 Å². The quantitative estimate of drug-likeness (QED) is 0.852. The van der Waals surface area contributed by atoms with E-state index in [-0.39, 0.29) is 18.2 Å². The van der Waals surface area contributed by atoms with Gasteiger partial charge in [-0.1, -0.05) is 24.3 Å². The number of rotatable bonds is 5. The number of carbonyl (C=O) groups is 3. The second-order valence-corrected chi connectivity index (χ2v) is 6.74. The molecule has 0 radical (unpaired) electrons. The van der Waals surface area contributed by atoms with Crippen LogP contribution in [0.5, 0.6) is 0 Å². The first-order chi connectivity index (χ1) is 12.9. The first kappa shape index (κ1) is 18.6. The van der Waals surface area contributed by atoms with Gasteiger partial charge < -0.3 is 15.3 Å². The molecule has 3 rings (SSSR count). The van der Waals surface area contributed by atoms with Gasteiger partial charge in [-0.15, -0.1) is 0 Å². The van der Waals surface area contributed by atoms with Gasteiger partial charge in [0.2, 0.25) is 5.91 Å². The lowest BCUT2D eigenvalue weighted by Gasteiger charge is -2.20. The fourth-order valence-corrected chi connectivity index (χ4v) is 3.50. The number of anilines is 1. The average Bonchev–Trinajstić information content (AvgIpc) is 3.04. The summed E-state index contributed by atoms with van der Waals surface area (Å²) < 4.78 is 0. The van der Waals surface area contributed by atoms with E-state index in [2.05, 4.69) is 5.32 Å². The summed E-state index contributed by atoms with van der Waals surface area (Å²) in [7, 11) is 0. The molecule has 6 nitrogen and oxygen atoms in total. The smallest absolute Gasteiger partial charge is 0.305 e. The minimum Gasteiger partial charge on any atom is -0.481 e. The molecule has 1 aliphatic rings. The Balaban J connectivity index is 1.83. The number of carboxylic acid groups (broad SMARTS) is 1. The van der Waals surface area contributed by atoms with Crippen molar-refractivity contribution in [2.24, 2.45) is 0 Å². The summed E-state index contributed by atoms with van der Waals surface area (Å²) in [6.07, 6.45) is 0.506. The number of fused-ring (bicyclic) bond motifs is 1. The molecule has 0 fully saturated rings. The maximum atomic E-state index is 12.8. The summed E-state index contributed by atoms with van der Waals surface area (Å²) in [6.45, 7) is 4.02. The van der Waals surface area contributed by atoms with E-state index in [0.717, 1.165) is 22.4 Å². The van der Waals surface area contributed by atoms with Crippen LogP contribution in [0.15, 0.2) is 42.5 Å². The predicted molar refractivity (Wildman–Crippen MR) is 102 cm³/mol. The first-order valence-corrected chi connectivity index (χ1v) is 8.86. The summed E-state index contributed by atoms with van der Waals surface area (Å²) in [4.78, 5) is 37.4. The normalized spacial score (nSPS) is 13.8. The fraction of sp³-hybridized carbons (Fsp3) is 0.286. The molecule has 140 valence electrons. The molecular weight excluding hydrogens is 344 g/mol. The van der Waals surface area contributed by atoms with Crippen molar-refractivity contribution in [1.29, 1.82) is 0 Å². The molecule has 0 aliphatic carbocycles. The van der Waals surface area contributed by atoms with Gasteiger partial charge in [-0.25, -0.2) is 0 Å². The second kappa shape index (κ2) is 7.61. The third kappa shape index (κ3) is 4.00. The van der Waals surface area contributed by atoms with Crippen LogP contribution < -0.4 is 10.2 Å². The fourth-order valence-electron chi connectivity index (χ4n) is 3.50. The van der Waals surface area contributed by atoms with Crippen LogP contribution in [0.1, 0.15) is 46.4 Å². The topological polar surface area (TPSA) is 86.7 Å². The Morgan fingerprint density at radius 2 is 1.93 bits per heavy atom. The molecule has 6 heteroatoms. The van der Waals surface area contributed by atoms with Crippen LogP contribution >= 0.6 is 0 Å². The SMILES string of the molecule is CC(=O)N1CCc2cc(C(=O)N[C@@H](CC(=O)O)c3ccccc3C)ccc21. The molecule has 2 amide bonds. The van der Waals surface area contributed by atoms with Crippen LogP contribution in [0, 0.1) is 6.92 Å². The van der Waals surface area contributed by atoms with Gasteiger partial charge in [0, 0.05) is 24.7 Å². The number of aliphatic carboxylic acids is 1. The van der Waals surface area contributed by atoms with Crippen LogP contribution in [0.25, 0.3) is 0 Å². The van der Waals surface area contributed by atoms with Gasteiger partial charge in [0.1, 0.15) is 0 Å². The van der Waals surface area contributed by atoms with Crippen LogP contribution in [0.3, 0.4) is 0 Å². The van der Waals surface area contributed by atoms with Crippen LogP contribution in [-0.4, -0.2) is 29.4 Å². The molecule has 1 aliphatic heterocycles. The highest BCUT2D eigenvalue weighted by Crippen LogP contribution is 2.29. The molecule has 0 aromatic heterocycles. The van der Waals surface area contributed by atoms with Gasteiger partial charge in [-0.05, 0) is 48.2 Å². The maximum absolute atomic E-state index is 12.8. The van der Waals surface area contributed by atoms with Crippen LogP contribution in [0.2, 0.25) is 0 Å². The van der Waals surface area contributed by atoms with E-state index in [1.807, 2.05) is 31.2 Å². The van der Waals surface area contributed by atoms with E-state index in [0.29, 0.717) is 18.5 Å². The van der Waals surface area contributed by atoms with E-state index >= 15 is 0 Å². The highest BCUT2D eigenvalue weighted by Gasteiger charge is 2.25. The third-order valence-electron chi connectivity index (χ3n) is 4.87. The molecular formula is C21H22N2O4. The van der Waals surface area contributed by atoms with E-state index in [4.69, 9.17) is 0 Å². The monoisotopic (exact) mass is 366 g/mol. The molecule has 1 atom stereocenters. The lowest BCUT2D eigenvalue weighted by atomic mass is 9.98. The van der Waals surface area contributed by atoms with Gasteiger partial charge in [0.05, 0.1) is 12.5 Å². The van der Waals surface area contributed by atoms with Crippen molar-refractivity contribution in [2.75, 3.05) is 11.4 Å². The van der Waals surface area contributed by atoms with Crippen molar-refractivity contribution in [3.8, 4) is 0 Å². The lowest BCUT2D eigenvalue weighted by Crippen LogP contribution is -2.30. The molecule has 2 aromatic rings. The number of hydrogen-bond acceptors (Lipinski definition) is 3. The summed E-state index contributed by atoms with van der Waals surface area (Å²) in [6, 6.07) is 12.0. The number of nitrogens with zero attached hydrogens (tertiary/aromatic N) is 1. The van der Waals surface area contributed by atoms with Crippen molar-refractivity contribution in [2.45, 2.75) is 32.7 Å². The highest BCUT2D eigenvalue weighted by atomic mass is 16.4. The zero-order valence-electron chi connectivity index (χ0n) is 15.4. The van der Waals surface area contributed by atoms with Crippen LogP contribution in [0.4, 0.5) is 5.69 Å². The Morgan fingerprint density at radius 1 is 1.19 bits per heavy atom. The van der Waals surface area contributed by atoms with Crippen LogP contribution in [-0.2, 0) is 16.0 Å². The molecule has 2 aromatic carbocycles. The van der Waals surface area contributed by atoms with Gasteiger partial charge >= 0.3 is 5.97 Å². The minimum atomic E-state index is -0.977. The Kier molecular flexibility index (Phi) is 5.26. The van der Waals surface area contributed by atoms with Crippen molar-refractivity contribution < 1.29 is 19.5 Å². The summed E-state index contributed by atoms with van der Waals surface area (Å²) in [5, 5.41) is 12.1. The molecule has 27 heavy (non-hydrogen) atoms. The maximum Gasteiger partial charge on any atom is 0.305 e. The van der Waals surface area contributed by atoms with Crippen molar-refractivity contribution in [3.63, 3.8) is 0 Å². The molecule has 2 N–H and O–H groups in total.